The van der Waals surface area contributed by atoms with Crippen molar-refractivity contribution in [3.8, 4) is 63.0 Å². The minimum atomic E-state index is 0.497. The van der Waals surface area contributed by atoms with Gasteiger partial charge in [-0.2, -0.15) is 15.8 Å². The molecule has 0 aliphatic heterocycles. The maximum absolute atomic E-state index is 11.0. The third-order valence-electron chi connectivity index (χ3n) is 11.0. The Morgan fingerprint density at radius 1 is 0.397 bits per heavy atom. The van der Waals surface area contributed by atoms with E-state index < -0.39 is 0 Å². The zero-order valence-electron chi connectivity index (χ0n) is 30.8. The lowest BCUT2D eigenvalue weighted by Crippen LogP contribution is -2.04. The van der Waals surface area contributed by atoms with Crippen LogP contribution in [-0.4, -0.2) is 9.13 Å². The summed E-state index contributed by atoms with van der Waals surface area (Å²) >= 11 is 0. The van der Waals surface area contributed by atoms with E-state index in [-0.39, 0.29) is 0 Å². The summed E-state index contributed by atoms with van der Waals surface area (Å²) in [6, 6.07) is 63.4. The molecule has 0 aliphatic rings. The molecule has 10 rings (SSSR count). The van der Waals surface area contributed by atoms with E-state index in [1.54, 1.807) is 6.07 Å². The zero-order valence-corrected chi connectivity index (χ0v) is 30.8. The minimum absolute atomic E-state index is 0.497. The van der Waals surface area contributed by atoms with Gasteiger partial charge in [-0.05, 0) is 101 Å². The van der Waals surface area contributed by atoms with Crippen LogP contribution in [0.3, 0.4) is 0 Å². The predicted molar refractivity (Wildman–Crippen MR) is 232 cm³/mol. The summed E-state index contributed by atoms with van der Waals surface area (Å²) in [4.78, 5) is 3.56. The first kappa shape index (κ1) is 33.9. The summed E-state index contributed by atoms with van der Waals surface area (Å²) in [5.74, 6) is 0. The molecule has 2 heterocycles. The van der Waals surface area contributed by atoms with Crippen molar-refractivity contribution in [1.29, 1.82) is 15.8 Å². The lowest BCUT2D eigenvalue weighted by atomic mass is 9.97. The fourth-order valence-corrected chi connectivity index (χ4v) is 8.31. The average Bonchev–Trinajstić information content (AvgIpc) is 3.80. The molecule has 0 spiro atoms. The maximum atomic E-state index is 11.0. The van der Waals surface area contributed by atoms with Crippen LogP contribution in [0.15, 0.2) is 170 Å². The summed E-state index contributed by atoms with van der Waals surface area (Å²) in [5.41, 5.74) is 13.5. The van der Waals surface area contributed by atoms with Crippen LogP contribution in [0.25, 0.3) is 93.2 Å². The van der Waals surface area contributed by atoms with E-state index >= 15 is 0 Å². The zero-order chi connectivity index (χ0) is 39.3. The molecule has 2 aromatic heterocycles. The molecule has 0 amide bonds. The SMILES string of the molecule is [C-]#[N+]c1ccc(-c2ccc3c(c2)c2ccccc2n3-c2cc(C#N)c(-n3c4ccccc4c4cc(-c5ccc(C#N)cc5)ccc43)cc2-c2cccc(C#N)c2)cc1. The van der Waals surface area contributed by atoms with Crippen LogP contribution in [0.5, 0.6) is 0 Å². The van der Waals surface area contributed by atoms with Crippen LogP contribution in [0, 0.1) is 40.6 Å². The normalized spacial score (nSPS) is 11.0. The van der Waals surface area contributed by atoms with E-state index in [0.717, 1.165) is 88.4 Å². The first-order chi connectivity index (χ1) is 28.6. The van der Waals surface area contributed by atoms with Gasteiger partial charge in [-0.3, -0.25) is 0 Å². The number of benzene rings is 8. The molecule has 266 valence electrons. The lowest BCUT2D eigenvalue weighted by molar-refractivity contribution is 1.14. The Morgan fingerprint density at radius 2 is 0.931 bits per heavy atom. The van der Waals surface area contributed by atoms with Crippen LogP contribution in [-0.2, 0) is 0 Å². The highest BCUT2D eigenvalue weighted by molar-refractivity contribution is 6.12. The van der Waals surface area contributed by atoms with Crippen LogP contribution >= 0.6 is 0 Å². The molecule has 8 aromatic carbocycles. The highest BCUT2D eigenvalue weighted by atomic mass is 15.0. The first-order valence-corrected chi connectivity index (χ1v) is 18.7. The van der Waals surface area contributed by atoms with Crippen molar-refractivity contribution in [2.45, 2.75) is 0 Å². The fourth-order valence-electron chi connectivity index (χ4n) is 8.31. The van der Waals surface area contributed by atoms with E-state index in [1.165, 1.54) is 0 Å². The number of hydrogen-bond acceptors (Lipinski definition) is 3. The summed E-state index contributed by atoms with van der Waals surface area (Å²) in [7, 11) is 0. The van der Waals surface area contributed by atoms with Gasteiger partial charge in [-0.25, -0.2) is 4.85 Å². The largest absolute Gasteiger partial charge is 0.309 e. The molecule has 0 saturated heterocycles. The molecular weight excluding hydrogens is 709 g/mol. The molecule has 0 bridgehead atoms. The summed E-state index contributed by atoms with van der Waals surface area (Å²) < 4.78 is 4.40. The van der Waals surface area contributed by atoms with Crippen LogP contribution in [0.4, 0.5) is 5.69 Å². The third kappa shape index (κ3) is 5.38. The smallest absolute Gasteiger partial charge is 0.187 e. The molecular formula is C52H28N6. The van der Waals surface area contributed by atoms with Crippen molar-refractivity contribution in [3.05, 3.63) is 198 Å². The molecule has 10 aromatic rings. The minimum Gasteiger partial charge on any atom is -0.309 e. The summed E-state index contributed by atoms with van der Waals surface area (Å²) in [5, 5.41) is 34.6. The highest BCUT2D eigenvalue weighted by Gasteiger charge is 2.22. The van der Waals surface area contributed by atoms with E-state index in [1.807, 2.05) is 97.1 Å². The summed E-state index contributed by atoms with van der Waals surface area (Å²) in [6.07, 6.45) is 0. The van der Waals surface area contributed by atoms with Crippen molar-refractivity contribution in [2.24, 2.45) is 0 Å². The topological polar surface area (TPSA) is 85.6 Å². The molecule has 0 unspecified atom stereocenters. The molecule has 0 radical (unpaired) electrons. The van der Waals surface area contributed by atoms with Gasteiger partial charge < -0.3 is 9.13 Å². The van der Waals surface area contributed by atoms with Crippen molar-refractivity contribution >= 4 is 49.3 Å². The number of nitrogens with zero attached hydrogens (tertiary/aromatic N) is 6. The number of nitriles is 3. The number of rotatable bonds is 5. The summed E-state index contributed by atoms with van der Waals surface area (Å²) in [6.45, 7) is 7.38. The second-order valence-electron chi connectivity index (χ2n) is 14.2. The monoisotopic (exact) mass is 736 g/mol. The standard InChI is InChI=1S/C52H28N6/c1-56-41-21-17-36(18-22-41)38-20-24-50-46(27-38)43-10-3-5-12-48(43)58(50)52-28-40(32-55)51(29-44(52)39-8-6-7-34(25-39)31-54)57-47-11-4-2-9-42(47)45-26-37(19-23-49(45)57)35-15-13-33(30-53)14-16-35/h2-29H. The van der Waals surface area contributed by atoms with Gasteiger partial charge in [0, 0.05) is 27.1 Å². The Bertz CT molecular complexity index is 3480. The van der Waals surface area contributed by atoms with Crippen LogP contribution in [0.1, 0.15) is 16.7 Å². The van der Waals surface area contributed by atoms with Gasteiger partial charge in [-0.1, -0.05) is 97.1 Å². The van der Waals surface area contributed by atoms with Crippen molar-refractivity contribution in [3.63, 3.8) is 0 Å². The van der Waals surface area contributed by atoms with Crippen molar-refractivity contribution in [1.82, 2.24) is 9.13 Å². The fraction of sp³-hybridized carbons (Fsp3) is 0. The Labute approximate surface area is 334 Å². The molecule has 6 nitrogen and oxygen atoms in total. The average molecular weight is 737 g/mol. The van der Waals surface area contributed by atoms with Gasteiger partial charge in [0.15, 0.2) is 5.69 Å². The van der Waals surface area contributed by atoms with E-state index in [0.29, 0.717) is 22.4 Å². The predicted octanol–water partition coefficient (Wildman–Crippen LogP) is 13.0. The van der Waals surface area contributed by atoms with E-state index in [4.69, 9.17) is 6.57 Å². The lowest BCUT2D eigenvalue weighted by Gasteiger charge is -2.19. The Balaban J connectivity index is 1.24. The third-order valence-corrected chi connectivity index (χ3v) is 11.0. The molecule has 0 fully saturated rings. The van der Waals surface area contributed by atoms with Gasteiger partial charge in [0.25, 0.3) is 0 Å². The Morgan fingerprint density at radius 3 is 1.50 bits per heavy atom. The maximum Gasteiger partial charge on any atom is 0.187 e. The van der Waals surface area contributed by atoms with E-state index in [9.17, 15) is 15.8 Å². The van der Waals surface area contributed by atoms with Gasteiger partial charge in [-0.15, -0.1) is 0 Å². The first-order valence-electron chi connectivity index (χ1n) is 18.7. The van der Waals surface area contributed by atoms with Gasteiger partial charge in [0.2, 0.25) is 0 Å². The van der Waals surface area contributed by atoms with Gasteiger partial charge in [0.05, 0.1) is 68.8 Å². The molecule has 0 saturated carbocycles. The second-order valence-corrected chi connectivity index (χ2v) is 14.2. The second kappa shape index (κ2) is 13.6. The highest BCUT2D eigenvalue weighted by Crippen LogP contribution is 2.42. The molecule has 0 atom stereocenters. The van der Waals surface area contributed by atoms with Gasteiger partial charge in [0.1, 0.15) is 6.07 Å². The Kier molecular flexibility index (Phi) is 7.92. The van der Waals surface area contributed by atoms with E-state index in [2.05, 4.69) is 98.9 Å². The molecule has 0 aliphatic carbocycles. The van der Waals surface area contributed by atoms with Crippen LogP contribution < -0.4 is 0 Å². The number of para-hydroxylation sites is 2. The molecule has 58 heavy (non-hydrogen) atoms. The number of aromatic nitrogens is 2. The van der Waals surface area contributed by atoms with Crippen molar-refractivity contribution in [2.75, 3.05) is 0 Å². The van der Waals surface area contributed by atoms with Crippen LogP contribution in [0.2, 0.25) is 0 Å². The quantitative estimate of drug-likeness (QED) is 0.165. The van der Waals surface area contributed by atoms with Gasteiger partial charge >= 0.3 is 0 Å². The number of hydrogen-bond donors (Lipinski definition) is 0. The number of fused-ring (bicyclic) bond motifs is 6. The molecule has 6 heteroatoms. The van der Waals surface area contributed by atoms with Crippen molar-refractivity contribution < 1.29 is 0 Å². The molecule has 0 N–H and O–H groups in total. The Hall–Kier alpha value is -8.68.